The predicted molar refractivity (Wildman–Crippen MR) is 60.2 cm³/mol. The van der Waals surface area contributed by atoms with E-state index in [1.165, 1.54) is 30.7 Å². The monoisotopic (exact) mass is 232 g/mol. The van der Waals surface area contributed by atoms with Crippen LogP contribution in [0.1, 0.15) is 16.1 Å². The van der Waals surface area contributed by atoms with Crippen molar-refractivity contribution < 1.29 is 13.6 Å². The first-order chi connectivity index (χ1) is 8.25. The average molecular weight is 232 g/mol. The summed E-state index contributed by atoms with van der Waals surface area (Å²) in [5, 5.41) is 3.69. The van der Waals surface area contributed by atoms with Crippen LogP contribution in [0.3, 0.4) is 0 Å². The van der Waals surface area contributed by atoms with Crippen LogP contribution in [0, 0.1) is 5.82 Å². The molecule has 0 saturated carbocycles. The van der Waals surface area contributed by atoms with Crippen LogP contribution in [-0.2, 0) is 0 Å². The van der Waals surface area contributed by atoms with Gasteiger partial charge in [0, 0.05) is 0 Å². The van der Waals surface area contributed by atoms with Crippen molar-refractivity contribution in [2.24, 2.45) is 5.10 Å². The molecule has 0 atom stereocenters. The zero-order chi connectivity index (χ0) is 12.1. The van der Waals surface area contributed by atoms with Crippen molar-refractivity contribution in [3.63, 3.8) is 0 Å². The lowest BCUT2D eigenvalue weighted by atomic mass is 10.2. The molecular formula is C12H9FN2O2. The molecule has 1 heterocycles. The summed E-state index contributed by atoms with van der Waals surface area (Å²) in [4.78, 5) is 11.4. The number of halogens is 1. The Labute approximate surface area is 96.8 Å². The van der Waals surface area contributed by atoms with Crippen molar-refractivity contribution in [1.82, 2.24) is 5.43 Å². The van der Waals surface area contributed by atoms with Crippen LogP contribution in [0.4, 0.5) is 4.39 Å². The molecule has 0 bridgehead atoms. The lowest BCUT2D eigenvalue weighted by molar-refractivity contribution is 0.0927. The normalized spacial score (nSPS) is 10.6. The summed E-state index contributed by atoms with van der Waals surface area (Å²) in [6, 6.07) is 9.00. The fourth-order valence-corrected chi connectivity index (χ4v) is 1.22. The summed E-state index contributed by atoms with van der Waals surface area (Å²) < 4.78 is 17.7. The van der Waals surface area contributed by atoms with E-state index in [9.17, 15) is 9.18 Å². The largest absolute Gasteiger partial charge is 0.459 e. The van der Waals surface area contributed by atoms with E-state index in [0.29, 0.717) is 5.56 Å². The number of hydrogen-bond donors (Lipinski definition) is 1. The van der Waals surface area contributed by atoms with E-state index in [0.717, 1.165) is 0 Å². The first kappa shape index (κ1) is 11.1. The molecule has 1 amide bonds. The molecule has 2 rings (SSSR count). The minimum Gasteiger partial charge on any atom is -0.459 e. The molecule has 86 valence electrons. The Hall–Kier alpha value is -2.43. The van der Waals surface area contributed by atoms with Crippen LogP contribution >= 0.6 is 0 Å². The van der Waals surface area contributed by atoms with Crippen LogP contribution in [0.2, 0.25) is 0 Å². The lowest BCUT2D eigenvalue weighted by Crippen LogP contribution is -2.16. The third kappa shape index (κ3) is 3.01. The highest BCUT2D eigenvalue weighted by atomic mass is 19.1. The number of nitrogens with zero attached hydrogens (tertiary/aromatic N) is 1. The molecular weight excluding hydrogens is 223 g/mol. The van der Waals surface area contributed by atoms with E-state index in [1.54, 1.807) is 18.2 Å². The quantitative estimate of drug-likeness (QED) is 0.651. The van der Waals surface area contributed by atoms with Gasteiger partial charge < -0.3 is 4.42 Å². The van der Waals surface area contributed by atoms with Gasteiger partial charge in [-0.2, -0.15) is 5.10 Å². The van der Waals surface area contributed by atoms with Crippen LogP contribution < -0.4 is 5.43 Å². The smallest absolute Gasteiger partial charge is 0.307 e. The van der Waals surface area contributed by atoms with Crippen molar-refractivity contribution in [2.75, 3.05) is 0 Å². The molecule has 0 aliphatic carbocycles. The highest BCUT2D eigenvalue weighted by Gasteiger charge is 2.05. The Kier molecular flexibility index (Phi) is 3.30. The molecule has 0 unspecified atom stereocenters. The van der Waals surface area contributed by atoms with E-state index in [4.69, 9.17) is 4.42 Å². The summed E-state index contributed by atoms with van der Waals surface area (Å²) in [6.07, 6.45) is 2.75. The van der Waals surface area contributed by atoms with E-state index in [2.05, 4.69) is 10.5 Å². The summed E-state index contributed by atoms with van der Waals surface area (Å²) >= 11 is 0. The van der Waals surface area contributed by atoms with Gasteiger partial charge in [-0.3, -0.25) is 4.79 Å². The Morgan fingerprint density at radius 3 is 2.94 bits per heavy atom. The number of nitrogens with one attached hydrogen (secondary N) is 1. The maximum absolute atomic E-state index is 12.8. The molecule has 1 aromatic heterocycles. The minimum atomic E-state index is -0.456. The third-order valence-corrected chi connectivity index (χ3v) is 1.97. The molecule has 0 saturated heterocycles. The first-order valence-corrected chi connectivity index (χ1v) is 4.88. The Balaban J connectivity index is 1.96. The molecule has 5 heteroatoms. The molecule has 0 aliphatic heterocycles. The predicted octanol–water partition coefficient (Wildman–Crippen LogP) is 2.18. The van der Waals surface area contributed by atoms with E-state index >= 15 is 0 Å². The third-order valence-electron chi connectivity index (χ3n) is 1.97. The number of carbonyl (C=O) groups is 1. The zero-order valence-corrected chi connectivity index (χ0v) is 8.76. The van der Waals surface area contributed by atoms with Crippen LogP contribution in [0.25, 0.3) is 0 Å². The molecule has 0 spiro atoms. The van der Waals surface area contributed by atoms with Crippen molar-refractivity contribution in [1.29, 1.82) is 0 Å². The number of rotatable bonds is 3. The average Bonchev–Trinajstić information content (AvgIpc) is 2.82. The number of carbonyl (C=O) groups excluding carboxylic acids is 1. The van der Waals surface area contributed by atoms with Gasteiger partial charge in [0.05, 0.1) is 12.5 Å². The van der Waals surface area contributed by atoms with Gasteiger partial charge in [-0.15, -0.1) is 0 Å². The number of hydrazone groups is 1. The maximum atomic E-state index is 12.8. The van der Waals surface area contributed by atoms with Gasteiger partial charge in [-0.1, -0.05) is 12.1 Å². The van der Waals surface area contributed by atoms with Crippen LogP contribution in [-0.4, -0.2) is 12.1 Å². The topological polar surface area (TPSA) is 54.6 Å². The van der Waals surface area contributed by atoms with Crippen LogP contribution in [0.5, 0.6) is 0 Å². The number of hydrogen-bond acceptors (Lipinski definition) is 3. The van der Waals surface area contributed by atoms with Gasteiger partial charge >= 0.3 is 5.91 Å². The van der Waals surface area contributed by atoms with E-state index in [-0.39, 0.29) is 11.6 Å². The summed E-state index contributed by atoms with van der Waals surface area (Å²) in [5.74, 6) is -0.643. The Morgan fingerprint density at radius 2 is 2.24 bits per heavy atom. The summed E-state index contributed by atoms with van der Waals surface area (Å²) in [5.41, 5.74) is 2.83. The molecule has 17 heavy (non-hydrogen) atoms. The fraction of sp³-hybridized carbons (Fsp3) is 0. The zero-order valence-electron chi connectivity index (χ0n) is 8.76. The molecule has 0 radical (unpaired) electrons. The molecule has 0 aliphatic rings. The van der Waals surface area contributed by atoms with Crippen molar-refractivity contribution >= 4 is 12.1 Å². The van der Waals surface area contributed by atoms with Gasteiger partial charge in [0.1, 0.15) is 5.82 Å². The Bertz CT molecular complexity index is 535. The first-order valence-electron chi connectivity index (χ1n) is 4.88. The fourth-order valence-electron chi connectivity index (χ4n) is 1.22. The van der Waals surface area contributed by atoms with Gasteiger partial charge in [-0.25, -0.2) is 9.82 Å². The molecule has 4 nitrogen and oxygen atoms in total. The second-order valence-electron chi connectivity index (χ2n) is 3.23. The highest BCUT2D eigenvalue weighted by molar-refractivity contribution is 5.92. The summed E-state index contributed by atoms with van der Waals surface area (Å²) in [6.45, 7) is 0. The van der Waals surface area contributed by atoms with Crippen molar-refractivity contribution in [3.05, 3.63) is 59.8 Å². The van der Waals surface area contributed by atoms with Gasteiger partial charge in [-0.05, 0) is 29.8 Å². The number of benzene rings is 1. The van der Waals surface area contributed by atoms with Gasteiger partial charge in [0.25, 0.3) is 0 Å². The SMILES string of the molecule is O=C(N/N=C\c1cccc(F)c1)c1ccco1. The molecule has 0 fully saturated rings. The van der Waals surface area contributed by atoms with Crippen molar-refractivity contribution in [3.8, 4) is 0 Å². The van der Waals surface area contributed by atoms with E-state index < -0.39 is 5.91 Å². The lowest BCUT2D eigenvalue weighted by Gasteiger charge is -1.95. The minimum absolute atomic E-state index is 0.168. The van der Waals surface area contributed by atoms with E-state index in [1.807, 2.05) is 0 Å². The molecule has 1 N–H and O–H groups in total. The second-order valence-corrected chi connectivity index (χ2v) is 3.23. The van der Waals surface area contributed by atoms with Gasteiger partial charge in [0.15, 0.2) is 5.76 Å². The molecule has 2 aromatic rings. The second kappa shape index (κ2) is 5.07. The van der Waals surface area contributed by atoms with Gasteiger partial charge in [0.2, 0.25) is 0 Å². The molecule has 1 aromatic carbocycles. The number of furan rings is 1. The maximum Gasteiger partial charge on any atom is 0.307 e. The summed E-state index contributed by atoms with van der Waals surface area (Å²) in [7, 11) is 0. The Morgan fingerprint density at radius 1 is 1.35 bits per heavy atom. The number of amides is 1. The standard InChI is InChI=1S/C12H9FN2O2/c13-10-4-1-3-9(7-10)8-14-15-12(16)11-5-2-6-17-11/h1-8H,(H,15,16)/b14-8-. The highest BCUT2D eigenvalue weighted by Crippen LogP contribution is 2.01. The van der Waals surface area contributed by atoms with Crippen LogP contribution in [0.15, 0.2) is 52.2 Å². The van der Waals surface area contributed by atoms with Crippen molar-refractivity contribution in [2.45, 2.75) is 0 Å².